The highest BCUT2D eigenvalue weighted by Crippen LogP contribution is 2.21. The Labute approximate surface area is 180 Å². The topological polar surface area (TPSA) is 132 Å². The first kappa shape index (κ1) is 22.6. The Balaban J connectivity index is 1.74. The van der Waals surface area contributed by atoms with Crippen LogP contribution in [0.5, 0.6) is 5.88 Å². The van der Waals surface area contributed by atoms with Crippen molar-refractivity contribution in [2.45, 2.75) is 45.1 Å². The Hall–Kier alpha value is -3.11. The van der Waals surface area contributed by atoms with Crippen molar-refractivity contribution in [1.29, 1.82) is 0 Å². The fraction of sp³-hybridized carbons (Fsp3) is 0.476. The fourth-order valence-electron chi connectivity index (χ4n) is 3.36. The van der Waals surface area contributed by atoms with E-state index in [1.54, 1.807) is 13.8 Å². The molecule has 0 spiro atoms. The van der Waals surface area contributed by atoms with Crippen molar-refractivity contribution in [2.24, 2.45) is 12.8 Å². The molecule has 0 fully saturated rings. The van der Waals surface area contributed by atoms with Crippen molar-refractivity contribution in [3.8, 4) is 5.88 Å². The first-order valence-electron chi connectivity index (χ1n) is 10.1. The fourth-order valence-corrected chi connectivity index (χ4v) is 3.36. The molecule has 1 aliphatic heterocycles. The molecule has 10 nitrogen and oxygen atoms in total. The van der Waals surface area contributed by atoms with Crippen LogP contribution < -0.4 is 16.7 Å². The number of hydrogen-bond donors (Lipinski definition) is 3. The van der Waals surface area contributed by atoms with Gasteiger partial charge in [-0.2, -0.15) is 0 Å². The number of fused-ring (bicyclic) bond motifs is 1. The number of aromatic hydroxyl groups is 1. The summed E-state index contributed by atoms with van der Waals surface area (Å²) in [5, 5.41) is 12.9. The van der Waals surface area contributed by atoms with Crippen molar-refractivity contribution in [3.63, 3.8) is 0 Å². The number of nitrogens with two attached hydrogens (primary N) is 1. The van der Waals surface area contributed by atoms with Crippen LogP contribution in [0.4, 0.5) is 0 Å². The Morgan fingerprint density at radius 3 is 2.58 bits per heavy atom. The Kier molecular flexibility index (Phi) is 6.51. The summed E-state index contributed by atoms with van der Waals surface area (Å²) in [6.07, 6.45) is 0. The molecule has 2 heterocycles. The van der Waals surface area contributed by atoms with E-state index in [0.717, 1.165) is 10.1 Å². The highest BCUT2D eigenvalue weighted by atomic mass is 16.5. The molecule has 1 unspecified atom stereocenters. The summed E-state index contributed by atoms with van der Waals surface area (Å²) in [5.74, 6) is -1.02. The lowest BCUT2D eigenvalue weighted by atomic mass is 10.1. The van der Waals surface area contributed by atoms with Gasteiger partial charge in [-0.25, -0.2) is 4.79 Å². The molecule has 2 amide bonds. The molecule has 10 heteroatoms. The first-order valence-corrected chi connectivity index (χ1v) is 10.1. The molecule has 4 N–H and O–H groups in total. The van der Waals surface area contributed by atoms with Gasteiger partial charge in [-0.3, -0.25) is 18.7 Å². The van der Waals surface area contributed by atoms with E-state index in [1.165, 1.54) is 16.5 Å². The van der Waals surface area contributed by atoms with Crippen molar-refractivity contribution in [1.82, 2.24) is 19.4 Å². The molecular formula is C21H29N5O5. The minimum absolute atomic E-state index is 0.0420. The zero-order valence-electron chi connectivity index (χ0n) is 18.0. The summed E-state index contributed by atoms with van der Waals surface area (Å²) >= 11 is 0. The number of aromatic nitrogens is 2. The van der Waals surface area contributed by atoms with E-state index in [2.05, 4.69) is 5.32 Å². The average Bonchev–Trinajstić information content (AvgIpc) is 2.96. The maximum absolute atomic E-state index is 13.2. The normalized spacial score (nSPS) is 14.8. The minimum Gasteiger partial charge on any atom is -0.493 e. The van der Waals surface area contributed by atoms with Crippen molar-refractivity contribution >= 4 is 11.8 Å². The maximum Gasteiger partial charge on any atom is 0.331 e. The van der Waals surface area contributed by atoms with Gasteiger partial charge in [0.05, 0.1) is 25.3 Å². The summed E-state index contributed by atoms with van der Waals surface area (Å²) in [6.45, 7) is 3.92. The quantitative estimate of drug-likeness (QED) is 0.550. The lowest BCUT2D eigenvalue weighted by Gasteiger charge is -2.32. The zero-order valence-corrected chi connectivity index (χ0v) is 18.0. The average molecular weight is 431 g/mol. The van der Waals surface area contributed by atoms with Crippen LogP contribution in [0.1, 0.15) is 25.1 Å². The van der Waals surface area contributed by atoms with Gasteiger partial charge >= 0.3 is 5.69 Å². The van der Waals surface area contributed by atoms with Gasteiger partial charge in [-0.1, -0.05) is 30.3 Å². The Morgan fingerprint density at radius 2 is 1.94 bits per heavy atom. The molecule has 3 rings (SSSR count). The summed E-state index contributed by atoms with van der Waals surface area (Å²) in [6, 6.07) is 8.53. The number of carbonyl (C=O) groups excluding carboxylic acids is 2. The number of nitrogens with one attached hydrogen (secondary N) is 1. The van der Waals surface area contributed by atoms with E-state index in [0.29, 0.717) is 5.69 Å². The van der Waals surface area contributed by atoms with Crippen LogP contribution in [0.2, 0.25) is 0 Å². The molecule has 1 aromatic carbocycles. The lowest BCUT2D eigenvalue weighted by molar-refractivity contribution is -0.140. The second kappa shape index (κ2) is 8.94. The summed E-state index contributed by atoms with van der Waals surface area (Å²) in [7, 11) is 1.47. The monoisotopic (exact) mass is 431 g/mol. The highest BCUT2D eigenvalue weighted by molar-refractivity contribution is 5.91. The van der Waals surface area contributed by atoms with Crippen LogP contribution >= 0.6 is 0 Å². The molecule has 1 aromatic heterocycles. The molecule has 0 bridgehead atoms. The van der Waals surface area contributed by atoms with Gasteiger partial charge in [0.15, 0.2) is 0 Å². The van der Waals surface area contributed by atoms with Gasteiger partial charge in [-0.05, 0) is 19.4 Å². The molecule has 31 heavy (non-hydrogen) atoms. The second-order valence-corrected chi connectivity index (χ2v) is 8.27. The van der Waals surface area contributed by atoms with Crippen LogP contribution in [-0.4, -0.2) is 55.7 Å². The van der Waals surface area contributed by atoms with Crippen LogP contribution in [0.15, 0.2) is 35.1 Å². The van der Waals surface area contributed by atoms with Gasteiger partial charge in [0, 0.05) is 20.1 Å². The molecule has 1 aliphatic rings. The SMILES string of the molecule is Cn1c(O)c2n(c1=O)CCN(C(=O)C(COCc1ccccc1)NC(=O)C(C)(C)N)C2. The molecule has 2 aromatic rings. The van der Waals surface area contributed by atoms with Gasteiger partial charge < -0.3 is 25.8 Å². The second-order valence-electron chi connectivity index (χ2n) is 8.27. The predicted octanol–water partition coefficient (Wildman–Crippen LogP) is -0.326. The Bertz CT molecular complexity index is 1010. The number of benzene rings is 1. The number of amides is 2. The number of nitrogens with zero attached hydrogens (tertiary/aromatic N) is 3. The van der Waals surface area contributed by atoms with Gasteiger partial charge in [0.2, 0.25) is 17.7 Å². The number of imidazole rings is 1. The number of ether oxygens (including phenoxy) is 1. The van der Waals surface area contributed by atoms with Gasteiger partial charge in [0.25, 0.3) is 0 Å². The highest BCUT2D eigenvalue weighted by Gasteiger charge is 2.34. The zero-order chi connectivity index (χ0) is 22.8. The molecule has 0 saturated heterocycles. The third kappa shape index (κ3) is 4.97. The standard InChI is InChI=1S/C21H29N5O5/c1-21(2,22)19(29)23-15(13-31-12-14-7-5-4-6-8-14)17(27)25-9-10-26-16(11-25)18(28)24(3)20(26)30/h4-8,15,28H,9-13,22H2,1-3H3,(H,23,29). The molecule has 168 valence electrons. The lowest BCUT2D eigenvalue weighted by Crippen LogP contribution is -2.58. The summed E-state index contributed by atoms with van der Waals surface area (Å²) in [5.41, 5.74) is 5.68. The minimum atomic E-state index is -1.17. The van der Waals surface area contributed by atoms with E-state index in [-0.39, 0.29) is 50.3 Å². The van der Waals surface area contributed by atoms with Crippen molar-refractivity contribution < 1.29 is 19.4 Å². The first-order chi connectivity index (χ1) is 14.6. The van der Waals surface area contributed by atoms with Crippen LogP contribution in [-0.2, 0) is 41.1 Å². The molecule has 0 saturated carbocycles. The number of hydrogen-bond acceptors (Lipinski definition) is 6. The Morgan fingerprint density at radius 1 is 1.26 bits per heavy atom. The number of rotatable bonds is 7. The van der Waals surface area contributed by atoms with Crippen LogP contribution in [0.3, 0.4) is 0 Å². The predicted molar refractivity (Wildman–Crippen MR) is 113 cm³/mol. The van der Waals surface area contributed by atoms with Gasteiger partial charge in [-0.15, -0.1) is 0 Å². The van der Waals surface area contributed by atoms with Crippen molar-refractivity contribution in [2.75, 3.05) is 13.2 Å². The van der Waals surface area contributed by atoms with Crippen molar-refractivity contribution in [3.05, 3.63) is 52.1 Å². The van der Waals surface area contributed by atoms with E-state index in [1.807, 2.05) is 30.3 Å². The largest absolute Gasteiger partial charge is 0.493 e. The third-order valence-corrected chi connectivity index (χ3v) is 5.25. The maximum atomic E-state index is 13.2. The molecular weight excluding hydrogens is 402 g/mol. The number of carbonyl (C=O) groups is 2. The van der Waals surface area contributed by atoms with E-state index >= 15 is 0 Å². The molecule has 0 aliphatic carbocycles. The summed E-state index contributed by atoms with van der Waals surface area (Å²) in [4.78, 5) is 39.3. The summed E-state index contributed by atoms with van der Waals surface area (Å²) < 4.78 is 8.30. The van der Waals surface area contributed by atoms with Crippen LogP contribution in [0.25, 0.3) is 0 Å². The van der Waals surface area contributed by atoms with E-state index in [4.69, 9.17) is 10.5 Å². The van der Waals surface area contributed by atoms with Crippen LogP contribution in [0, 0.1) is 0 Å². The van der Waals surface area contributed by atoms with Gasteiger partial charge in [0.1, 0.15) is 11.7 Å². The van der Waals surface area contributed by atoms with E-state index in [9.17, 15) is 19.5 Å². The molecule has 1 atom stereocenters. The smallest absolute Gasteiger partial charge is 0.331 e. The van der Waals surface area contributed by atoms with E-state index < -0.39 is 17.5 Å². The third-order valence-electron chi connectivity index (χ3n) is 5.25. The molecule has 0 radical (unpaired) electrons.